The first-order chi connectivity index (χ1) is 7.86. The summed E-state index contributed by atoms with van der Waals surface area (Å²) >= 11 is 0. The van der Waals surface area contributed by atoms with Gasteiger partial charge in [0.15, 0.2) is 0 Å². The van der Waals surface area contributed by atoms with E-state index >= 15 is 0 Å². The molecule has 1 N–H and O–H groups in total. The lowest BCUT2D eigenvalue weighted by Crippen LogP contribution is -2.25. The Hall–Kier alpha value is -0.860. The topological polar surface area (TPSA) is 29.5 Å². The summed E-state index contributed by atoms with van der Waals surface area (Å²) in [6, 6.07) is 10.4. The molecule has 0 aliphatic carbocycles. The molecular formula is C14H20O2. The van der Waals surface area contributed by atoms with Crippen LogP contribution in [0.2, 0.25) is 0 Å². The minimum Gasteiger partial charge on any atom is -0.390 e. The van der Waals surface area contributed by atoms with Crippen LogP contribution in [0.1, 0.15) is 31.2 Å². The predicted molar refractivity (Wildman–Crippen MR) is 64.4 cm³/mol. The van der Waals surface area contributed by atoms with Gasteiger partial charge < -0.3 is 9.84 Å². The van der Waals surface area contributed by atoms with Crippen molar-refractivity contribution in [2.75, 3.05) is 6.61 Å². The summed E-state index contributed by atoms with van der Waals surface area (Å²) in [5.41, 5.74) is 1.35. The third-order valence-corrected chi connectivity index (χ3v) is 3.20. The van der Waals surface area contributed by atoms with Gasteiger partial charge in [0.1, 0.15) is 0 Å². The highest BCUT2D eigenvalue weighted by atomic mass is 16.5. The summed E-state index contributed by atoms with van der Waals surface area (Å²) in [6.07, 6.45) is 4.87. The number of rotatable bonds is 5. The maximum Gasteiger partial charge on any atom is 0.0834 e. The minimum atomic E-state index is -0.272. The number of hydrogen-bond acceptors (Lipinski definition) is 2. The lowest BCUT2D eigenvalue weighted by molar-refractivity contribution is -0.00603. The van der Waals surface area contributed by atoms with Crippen molar-refractivity contribution in [1.29, 1.82) is 0 Å². The van der Waals surface area contributed by atoms with E-state index in [4.69, 9.17) is 4.74 Å². The molecule has 0 aromatic heterocycles. The van der Waals surface area contributed by atoms with E-state index in [1.54, 1.807) is 0 Å². The van der Waals surface area contributed by atoms with Crippen LogP contribution < -0.4 is 0 Å². The average Bonchev–Trinajstić information content (AvgIpc) is 2.84. The van der Waals surface area contributed by atoms with Crippen LogP contribution >= 0.6 is 0 Å². The fourth-order valence-corrected chi connectivity index (χ4v) is 2.25. The van der Waals surface area contributed by atoms with Gasteiger partial charge >= 0.3 is 0 Å². The fourth-order valence-electron chi connectivity index (χ4n) is 2.25. The fraction of sp³-hybridized carbons (Fsp3) is 0.571. The first-order valence-electron chi connectivity index (χ1n) is 6.20. The molecule has 0 amide bonds. The number of aliphatic hydroxyl groups is 1. The van der Waals surface area contributed by atoms with E-state index < -0.39 is 0 Å². The van der Waals surface area contributed by atoms with Crippen molar-refractivity contribution >= 4 is 0 Å². The molecule has 1 aromatic carbocycles. The molecule has 2 rings (SSSR count). The van der Waals surface area contributed by atoms with Gasteiger partial charge in [-0.15, -0.1) is 0 Å². The third-order valence-electron chi connectivity index (χ3n) is 3.20. The number of hydrogen-bond donors (Lipinski definition) is 1. The Morgan fingerprint density at radius 2 is 2.12 bits per heavy atom. The SMILES string of the molecule is OC(CCCc1ccccc1)C1CCCO1. The Balaban J connectivity index is 1.67. The van der Waals surface area contributed by atoms with Gasteiger partial charge in [0, 0.05) is 6.61 Å². The molecule has 0 spiro atoms. The normalized spacial score (nSPS) is 22.2. The molecule has 2 heteroatoms. The first kappa shape index (κ1) is 11.6. The van der Waals surface area contributed by atoms with E-state index in [1.165, 1.54) is 5.56 Å². The van der Waals surface area contributed by atoms with Crippen LogP contribution in [0, 0.1) is 0 Å². The van der Waals surface area contributed by atoms with Crippen molar-refractivity contribution < 1.29 is 9.84 Å². The summed E-state index contributed by atoms with van der Waals surface area (Å²) < 4.78 is 5.47. The van der Waals surface area contributed by atoms with Crippen LogP contribution in [0.4, 0.5) is 0 Å². The zero-order valence-corrected chi connectivity index (χ0v) is 9.64. The Morgan fingerprint density at radius 3 is 2.81 bits per heavy atom. The molecule has 0 bridgehead atoms. The molecule has 2 unspecified atom stereocenters. The summed E-state index contributed by atoms with van der Waals surface area (Å²) in [7, 11) is 0. The zero-order chi connectivity index (χ0) is 11.2. The Kier molecular flexibility index (Phi) is 4.37. The third kappa shape index (κ3) is 3.32. The molecule has 16 heavy (non-hydrogen) atoms. The highest BCUT2D eigenvalue weighted by molar-refractivity contribution is 5.14. The van der Waals surface area contributed by atoms with Gasteiger partial charge in [0.05, 0.1) is 12.2 Å². The van der Waals surface area contributed by atoms with E-state index in [2.05, 4.69) is 24.3 Å². The summed E-state index contributed by atoms with van der Waals surface area (Å²) in [4.78, 5) is 0. The molecular weight excluding hydrogens is 200 g/mol. The van der Waals surface area contributed by atoms with E-state index in [1.807, 2.05) is 6.07 Å². The van der Waals surface area contributed by atoms with Gasteiger partial charge in [0.25, 0.3) is 0 Å². The number of aryl methyl sites for hydroxylation is 1. The van der Waals surface area contributed by atoms with Crippen LogP contribution in [0.25, 0.3) is 0 Å². The Labute approximate surface area is 97.3 Å². The maximum absolute atomic E-state index is 9.90. The highest BCUT2D eigenvalue weighted by Crippen LogP contribution is 2.19. The van der Waals surface area contributed by atoms with Crippen molar-refractivity contribution in [2.45, 2.75) is 44.3 Å². The van der Waals surface area contributed by atoms with Gasteiger partial charge in [-0.05, 0) is 37.7 Å². The quantitative estimate of drug-likeness (QED) is 0.826. The molecule has 1 aliphatic rings. The van der Waals surface area contributed by atoms with Crippen molar-refractivity contribution in [3.63, 3.8) is 0 Å². The molecule has 1 saturated heterocycles. The van der Waals surface area contributed by atoms with Crippen LogP contribution in [-0.4, -0.2) is 23.9 Å². The van der Waals surface area contributed by atoms with E-state index in [9.17, 15) is 5.11 Å². The average molecular weight is 220 g/mol. The lowest BCUT2D eigenvalue weighted by atomic mass is 10.0. The Morgan fingerprint density at radius 1 is 1.31 bits per heavy atom. The van der Waals surface area contributed by atoms with Gasteiger partial charge in [-0.3, -0.25) is 0 Å². The number of benzene rings is 1. The molecule has 2 atom stereocenters. The number of aliphatic hydroxyl groups excluding tert-OH is 1. The molecule has 1 heterocycles. The zero-order valence-electron chi connectivity index (χ0n) is 9.64. The van der Waals surface area contributed by atoms with E-state index in [0.717, 1.165) is 38.7 Å². The largest absolute Gasteiger partial charge is 0.390 e. The van der Waals surface area contributed by atoms with Crippen molar-refractivity contribution in [3.05, 3.63) is 35.9 Å². The van der Waals surface area contributed by atoms with Gasteiger partial charge in [-0.2, -0.15) is 0 Å². The summed E-state index contributed by atoms with van der Waals surface area (Å²) in [5.74, 6) is 0. The highest BCUT2D eigenvalue weighted by Gasteiger charge is 2.23. The second-order valence-electron chi connectivity index (χ2n) is 4.50. The molecule has 1 fully saturated rings. The number of ether oxygens (including phenoxy) is 1. The Bertz CT molecular complexity index is 291. The van der Waals surface area contributed by atoms with Crippen molar-refractivity contribution in [3.8, 4) is 0 Å². The lowest BCUT2D eigenvalue weighted by Gasteiger charge is -2.16. The smallest absolute Gasteiger partial charge is 0.0834 e. The standard InChI is InChI=1S/C14H20O2/c15-13(14-10-5-11-16-14)9-4-8-12-6-2-1-3-7-12/h1-3,6-7,13-15H,4-5,8-11H2. The van der Waals surface area contributed by atoms with Crippen LogP contribution in [-0.2, 0) is 11.2 Å². The molecule has 0 radical (unpaired) electrons. The maximum atomic E-state index is 9.90. The molecule has 2 nitrogen and oxygen atoms in total. The summed E-state index contributed by atoms with van der Waals surface area (Å²) in [6.45, 7) is 0.820. The van der Waals surface area contributed by atoms with Gasteiger partial charge in [0.2, 0.25) is 0 Å². The molecule has 1 aliphatic heterocycles. The van der Waals surface area contributed by atoms with Gasteiger partial charge in [-0.25, -0.2) is 0 Å². The van der Waals surface area contributed by atoms with E-state index in [0.29, 0.717) is 0 Å². The van der Waals surface area contributed by atoms with Crippen LogP contribution in [0.5, 0.6) is 0 Å². The predicted octanol–water partition coefficient (Wildman–Crippen LogP) is 2.55. The van der Waals surface area contributed by atoms with Crippen LogP contribution in [0.3, 0.4) is 0 Å². The van der Waals surface area contributed by atoms with E-state index in [-0.39, 0.29) is 12.2 Å². The van der Waals surface area contributed by atoms with Crippen LogP contribution in [0.15, 0.2) is 30.3 Å². The summed E-state index contributed by atoms with van der Waals surface area (Å²) in [5, 5.41) is 9.90. The minimum absolute atomic E-state index is 0.0933. The van der Waals surface area contributed by atoms with Crippen molar-refractivity contribution in [2.24, 2.45) is 0 Å². The van der Waals surface area contributed by atoms with Gasteiger partial charge in [-0.1, -0.05) is 30.3 Å². The molecule has 0 saturated carbocycles. The first-order valence-corrected chi connectivity index (χ1v) is 6.20. The second kappa shape index (κ2) is 6.02. The molecule has 88 valence electrons. The monoisotopic (exact) mass is 220 g/mol. The molecule has 1 aromatic rings. The van der Waals surface area contributed by atoms with Crippen molar-refractivity contribution in [1.82, 2.24) is 0 Å². The second-order valence-corrected chi connectivity index (χ2v) is 4.50.